The summed E-state index contributed by atoms with van der Waals surface area (Å²) in [5.41, 5.74) is -1.13. The fourth-order valence-electron chi connectivity index (χ4n) is 2.10. The van der Waals surface area contributed by atoms with Crippen molar-refractivity contribution in [2.45, 2.75) is 59.3 Å². The minimum atomic E-state index is -5.07. The van der Waals surface area contributed by atoms with Gasteiger partial charge in [-0.3, -0.25) is 4.98 Å². The number of alkyl carbamates (subject to hydrolysis) is 1. The van der Waals surface area contributed by atoms with E-state index in [-0.39, 0.29) is 23.4 Å². The van der Waals surface area contributed by atoms with Gasteiger partial charge >= 0.3 is 18.6 Å². The fourth-order valence-corrected chi connectivity index (χ4v) is 2.10. The summed E-state index contributed by atoms with van der Waals surface area (Å²) in [6, 6.07) is 1.10. The summed E-state index contributed by atoms with van der Waals surface area (Å²) in [7, 11) is 0. The van der Waals surface area contributed by atoms with Crippen LogP contribution in [0.3, 0.4) is 0 Å². The van der Waals surface area contributed by atoms with Crippen LogP contribution in [0.5, 0.6) is 5.75 Å². The predicted octanol–water partition coefficient (Wildman–Crippen LogP) is 5.51. The highest BCUT2D eigenvalue weighted by molar-refractivity contribution is 5.70. The molecule has 2 heterocycles. The van der Waals surface area contributed by atoms with Crippen LogP contribution in [0.15, 0.2) is 24.7 Å². The van der Waals surface area contributed by atoms with Gasteiger partial charge in [0.2, 0.25) is 5.82 Å². The second-order valence-corrected chi connectivity index (χ2v) is 6.87. The number of aromatic nitrogens is 3. The summed E-state index contributed by atoms with van der Waals surface area (Å²) >= 11 is 0. The number of hydrogen-bond donors (Lipinski definition) is 1. The molecule has 0 saturated carbocycles. The second-order valence-electron chi connectivity index (χ2n) is 6.87. The maximum atomic E-state index is 12.7. The summed E-state index contributed by atoms with van der Waals surface area (Å²) < 4.78 is 84.8. The van der Waals surface area contributed by atoms with E-state index in [9.17, 15) is 31.1 Å². The zero-order chi connectivity index (χ0) is 24.7. The number of ether oxygens (including phenoxy) is 2. The van der Waals surface area contributed by atoms with E-state index in [0.29, 0.717) is 12.4 Å². The van der Waals surface area contributed by atoms with Gasteiger partial charge in [0.15, 0.2) is 5.75 Å². The van der Waals surface area contributed by atoms with Crippen molar-refractivity contribution in [1.29, 1.82) is 0 Å². The molecule has 32 heavy (non-hydrogen) atoms. The third-order valence-electron chi connectivity index (χ3n) is 3.18. The van der Waals surface area contributed by atoms with Gasteiger partial charge in [-0.25, -0.2) is 14.8 Å². The maximum Gasteiger partial charge on any atom is 0.573 e. The van der Waals surface area contributed by atoms with Crippen LogP contribution < -0.4 is 10.1 Å². The largest absolute Gasteiger partial charge is 0.573 e. The van der Waals surface area contributed by atoms with Crippen LogP contribution >= 0.6 is 0 Å². The molecular formula is C19H22F6N4O3. The zero-order valence-corrected chi connectivity index (χ0v) is 17.9. The van der Waals surface area contributed by atoms with E-state index in [1.807, 2.05) is 13.8 Å². The Morgan fingerprint density at radius 2 is 1.53 bits per heavy atom. The van der Waals surface area contributed by atoms with E-state index >= 15 is 0 Å². The highest BCUT2D eigenvalue weighted by Crippen LogP contribution is 2.34. The van der Waals surface area contributed by atoms with Crippen LogP contribution in [-0.4, -0.2) is 33.0 Å². The van der Waals surface area contributed by atoms with E-state index in [1.54, 1.807) is 20.8 Å². The highest BCUT2D eigenvalue weighted by Gasteiger charge is 2.35. The molecule has 0 aliphatic rings. The van der Waals surface area contributed by atoms with Gasteiger partial charge in [-0.2, -0.15) is 13.2 Å². The molecule has 13 heteroatoms. The van der Waals surface area contributed by atoms with Crippen LogP contribution in [0.1, 0.15) is 46.1 Å². The van der Waals surface area contributed by atoms with Gasteiger partial charge in [0.1, 0.15) is 5.60 Å². The summed E-state index contributed by atoms with van der Waals surface area (Å²) in [4.78, 5) is 21.7. The first kappa shape index (κ1) is 26.9. The lowest BCUT2D eigenvalue weighted by Gasteiger charge is -2.19. The summed E-state index contributed by atoms with van der Waals surface area (Å²) in [5.74, 6) is -2.22. The standard InChI is InChI=1S/C17H16F6N4O3.C2H6/c1-15(2,3)30-14(28)27-7-10-4-11(12(8-24-10)29-17(21,22)23)9-5-25-13(26-6-9)16(18,19)20;1-2/h4-6,8H,7H2,1-3H3,(H,27,28);1-2H3. The van der Waals surface area contributed by atoms with Crippen LogP contribution in [0.4, 0.5) is 31.1 Å². The Bertz CT molecular complexity index is 894. The lowest BCUT2D eigenvalue weighted by atomic mass is 10.1. The van der Waals surface area contributed by atoms with Crippen molar-refractivity contribution in [2.24, 2.45) is 0 Å². The van der Waals surface area contributed by atoms with E-state index < -0.39 is 35.8 Å². The average molecular weight is 468 g/mol. The Hall–Kier alpha value is -3.12. The molecule has 0 aliphatic heterocycles. The number of halogens is 6. The molecule has 2 rings (SSSR count). The SMILES string of the molecule is CC.CC(C)(C)OC(=O)NCc1cc(-c2cnc(C(F)(F)F)nc2)c(OC(F)(F)F)cn1. The Morgan fingerprint density at radius 1 is 0.969 bits per heavy atom. The molecule has 0 radical (unpaired) electrons. The molecule has 0 aromatic carbocycles. The van der Waals surface area contributed by atoms with Gasteiger partial charge in [0.25, 0.3) is 0 Å². The highest BCUT2D eigenvalue weighted by atomic mass is 19.4. The van der Waals surface area contributed by atoms with Crippen molar-refractivity contribution in [3.05, 3.63) is 36.2 Å². The van der Waals surface area contributed by atoms with E-state index in [1.165, 1.54) is 0 Å². The van der Waals surface area contributed by atoms with Crippen LogP contribution in [0.25, 0.3) is 11.1 Å². The fraction of sp³-hybridized carbons (Fsp3) is 0.474. The van der Waals surface area contributed by atoms with Crippen molar-refractivity contribution >= 4 is 6.09 Å². The van der Waals surface area contributed by atoms with Crippen LogP contribution in [-0.2, 0) is 17.5 Å². The van der Waals surface area contributed by atoms with Gasteiger partial charge in [0.05, 0.1) is 18.4 Å². The van der Waals surface area contributed by atoms with Crippen molar-refractivity contribution in [1.82, 2.24) is 20.3 Å². The van der Waals surface area contributed by atoms with Crippen molar-refractivity contribution in [2.75, 3.05) is 0 Å². The molecule has 178 valence electrons. The van der Waals surface area contributed by atoms with Gasteiger partial charge in [-0.05, 0) is 26.8 Å². The number of nitrogens with zero attached hydrogens (tertiary/aromatic N) is 3. The van der Waals surface area contributed by atoms with E-state index in [4.69, 9.17) is 4.74 Å². The monoisotopic (exact) mass is 468 g/mol. The quantitative estimate of drug-likeness (QED) is 0.596. The molecule has 7 nitrogen and oxygen atoms in total. The van der Waals surface area contributed by atoms with Crippen molar-refractivity contribution in [3.8, 4) is 16.9 Å². The number of carbonyl (C=O) groups excluding carboxylic acids is 1. The number of nitrogens with one attached hydrogen (secondary N) is 1. The molecule has 0 saturated heterocycles. The number of carbonyl (C=O) groups is 1. The molecule has 1 amide bonds. The lowest BCUT2D eigenvalue weighted by molar-refractivity contribution is -0.274. The molecule has 0 spiro atoms. The van der Waals surface area contributed by atoms with Gasteiger partial charge in [-0.15, -0.1) is 13.2 Å². The minimum Gasteiger partial charge on any atom is -0.444 e. The Morgan fingerprint density at radius 3 is 2.00 bits per heavy atom. The van der Waals surface area contributed by atoms with Crippen LogP contribution in [0, 0.1) is 0 Å². The molecule has 0 atom stereocenters. The van der Waals surface area contributed by atoms with E-state index in [2.05, 4.69) is 25.0 Å². The topological polar surface area (TPSA) is 86.2 Å². The molecule has 1 N–H and O–H groups in total. The Balaban J connectivity index is 0.00000249. The molecule has 0 fully saturated rings. The van der Waals surface area contributed by atoms with Crippen LogP contribution in [0.2, 0.25) is 0 Å². The molecule has 0 aliphatic carbocycles. The molecule has 0 unspecified atom stereocenters. The first-order chi connectivity index (χ1) is 14.6. The predicted molar refractivity (Wildman–Crippen MR) is 101 cm³/mol. The average Bonchev–Trinajstić information content (AvgIpc) is 2.66. The van der Waals surface area contributed by atoms with Crippen molar-refractivity contribution < 1.29 is 40.6 Å². The number of pyridine rings is 1. The van der Waals surface area contributed by atoms with Gasteiger partial charge in [-0.1, -0.05) is 13.8 Å². The number of hydrogen-bond acceptors (Lipinski definition) is 6. The van der Waals surface area contributed by atoms with Gasteiger partial charge in [0, 0.05) is 23.5 Å². The third kappa shape index (κ3) is 8.94. The summed E-state index contributed by atoms with van der Waals surface area (Å²) in [6.45, 7) is 8.68. The van der Waals surface area contributed by atoms with Gasteiger partial charge < -0.3 is 14.8 Å². The summed E-state index contributed by atoms with van der Waals surface area (Å²) in [6.07, 6.45) is -8.53. The number of alkyl halides is 6. The lowest BCUT2D eigenvalue weighted by Crippen LogP contribution is -2.32. The minimum absolute atomic E-state index is 0.0882. The second kappa shape index (κ2) is 10.5. The Labute approximate surface area is 180 Å². The zero-order valence-electron chi connectivity index (χ0n) is 17.9. The molecular weight excluding hydrogens is 446 g/mol. The molecule has 2 aromatic heterocycles. The normalized spacial score (nSPS) is 11.8. The first-order valence-electron chi connectivity index (χ1n) is 9.25. The van der Waals surface area contributed by atoms with Crippen molar-refractivity contribution in [3.63, 3.8) is 0 Å². The molecule has 0 bridgehead atoms. The Kier molecular flexibility index (Phi) is 8.80. The van der Waals surface area contributed by atoms with E-state index in [0.717, 1.165) is 12.3 Å². The number of rotatable bonds is 4. The molecule has 2 aromatic rings. The third-order valence-corrected chi connectivity index (χ3v) is 3.18. The number of amides is 1. The maximum absolute atomic E-state index is 12.7. The smallest absolute Gasteiger partial charge is 0.444 e. The summed E-state index contributed by atoms with van der Waals surface area (Å²) in [5, 5.41) is 2.36. The first-order valence-corrected chi connectivity index (χ1v) is 9.25.